The number of hydrogen-bond donors (Lipinski definition) is 1. The summed E-state index contributed by atoms with van der Waals surface area (Å²) in [6, 6.07) is 0. The minimum absolute atomic E-state index is 0.941. The maximum atomic E-state index is 4.35. The van der Waals surface area contributed by atoms with Crippen LogP contribution in [0.1, 0.15) is 16.8 Å². The molecule has 0 aliphatic rings. The summed E-state index contributed by atoms with van der Waals surface area (Å²) in [7, 11) is 4.12. The fourth-order valence-electron chi connectivity index (χ4n) is 1.02. The Morgan fingerprint density at radius 2 is 2.31 bits per heavy atom. The molecule has 0 unspecified atom stereocenters. The van der Waals surface area contributed by atoms with Crippen molar-refractivity contribution in [1.82, 2.24) is 15.2 Å². The van der Waals surface area contributed by atoms with Gasteiger partial charge in [0, 0.05) is 24.2 Å². The molecule has 0 saturated heterocycles. The van der Waals surface area contributed by atoms with Gasteiger partial charge in [-0.05, 0) is 20.6 Å². The maximum absolute atomic E-state index is 4.35. The molecule has 0 aromatic carbocycles. The standard InChI is InChI=1S/C9H17N3S/c1-4-10-5-8-6-11-9(13-8)7-12(2)3/h6,10H,4-5,7H2,1-3H3. The molecule has 0 amide bonds. The van der Waals surface area contributed by atoms with E-state index in [9.17, 15) is 0 Å². The Labute approximate surface area is 83.8 Å². The number of nitrogens with zero attached hydrogens (tertiary/aromatic N) is 2. The lowest BCUT2D eigenvalue weighted by Crippen LogP contribution is -2.10. The average molecular weight is 199 g/mol. The monoisotopic (exact) mass is 199 g/mol. The van der Waals surface area contributed by atoms with E-state index in [2.05, 4.69) is 36.2 Å². The van der Waals surface area contributed by atoms with Gasteiger partial charge in [-0.25, -0.2) is 4.98 Å². The van der Waals surface area contributed by atoms with E-state index in [-0.39, 0.29) is 0 Å². The molecule has 1 N–H and O–H groups in total. The summed E-state index contributed by atoms with van der Waals surface area (Å²) in [6.45, 7) is 5.01. The maximum Gasteiger partial charge on any atom is 0.107 e. The second-order valence-corrected chi connectivity index (χ2v) is 4.44. The number of aromatic nitrogens is 1. The number of hydrogen-bond acceptors (Lipinski definition) is 4. The van der Waals surface area contributed by atoms with Crippen molar-refractivity contribution in [2.45, 2.75) is 20.0 Å². The number of thiazole rings is 1. The van der Waals surface area contributed by atoms with Crippen molar-refractivity contribution >= 4 is 11.3 Å². The minimum atomic E-state index is 0.941. The van der Waals surface area contributed by atoms with Crippen molar-refractivity contribution in [2.75, 3.05) is 20.6 Å². The zero-order chi connectivity index (χ0) is 9.68. The molecule has 0 aliphatic carbocycles. The van der Waals surface area contributed by atoms with E-state index < -0.39 is 0 Å². The molecular weight excluding hydrogens is 182 g/mol. The summed E-state index contributed by atoms with van der Waals surface area (Å²) in [4.78, 5) is 7.80. The van der Waals surface area contributed by atoms with E-state index in [0.29, 0.717) is 0 Å². The molecule has 1 heterocycles. The van der Waals surface area contributed by atoms with Gasteiger partial charge in [0.2, 0.25) is 0 Å². The first kappa shape index (κ1) is 10.6. The van der Waals surface area contributed by atoms with Gasteiger partial charge in [-0.2, -0.15) is 0 Å². The zero-order valence-electron chi connectivity index (χ0n) is 8.50. The summed E-state index contributed by atoms with van der Waals surface area (Å²) in [6.07, 6.45) is 1.96. The molecule has 4 heteroatoms. The third kappa shape index (κ3) is 3.85. The quantitative estimate of drug-likeness (QED) is 0.775. The summed E-state index contributed by atoms with van der Waals surface area (Å²) >= 11 is 1.79. The third-order valence-electron chi connectivity index (χ3n) is 1.60. The van der Waals surface area contributed by atoms with Gasteiger partial charge in [-0.1, -0.05) is 6.92 Å². The Balaban J connectivity index is 2.44. The van der Waals surface area contributed by atoms with E-state index in [1.54, 1.807) is 11.3 Å². The molecule has 1 aromatic heterocycles. The van der Waals surface area contributed by atoms with E-state index in [4.69, 9.17) is 0 Å². The fraction of sp³-hybridized carbons (Fsp3) is 0.667. The number of nitrogens with one attached hydrogen (secondary N) is 1. The topological polar surface area (TPSA) is 28.2 Å². The van der Waals surface area contributed by atoms with Crippen LogP contribution in [0.25, 0.3) is 0 Å². The molecule has 3 nitrogen and oxygen atoms in total. The minimum Gasteiger partial charge on any atom is -0.312 e. The van der Waals surface area contributed by atoms with Crippen molar-refractivity contribution < 1.29 is 0 Å². The highest BCUT2D eigenvalue weighted by Gasteiger charge is 2.01. The second kappa shape index (κ2) is 5.32. The zero-order valence-corrected chi connectivity index (χ0v) is 9.32. The van der Waals surface area contributed by atoms with Crippen LogP contribution in [-0.2, 0) is 13.1 Å². The van der Waals surface area contributed by atoms with Crippen molar-refractivity contribution in [2.24, 2.45) is 0 Å². The van der Waals surface area contributed by atoms with Gasteiger partial charge in [0.05, 0.1) is 0 Å². The van der Waals surface area contributed by atoms with Crippen LogP contribution in [0.5, 0.6) is 0 Å². The van der Waals surface area contributed by atoms with E-state index >= 15 is 0 Å². The van der Waals surface area contributed by atoms with Gasteiger partial charge in [0.25, 0.3) is 0 Å². The van der Waals surface area contributed by atoms with Crippen LogP contribution in [0.2, 0.25) is 0 Å². The summed E-state index contributed by atoms with van der Waals surface area (Å²) < 4.78 is 0. The predicted molar refractivity (Wildman–Crippen MR) is 56.9 cm³/mol. The van der Waals surface area contributed by atoms with Gasteiger partial charge in [0.15, 0.2) is 0 Å². The highest BCUT2D eigenvalue weighted by atomic mass is 32.1. The largest absolute Gasteiger partial charge is 0.312 e. The Kier molecular flexibility index (Phi) is 4.35. The van der Waals surface area contributed by atoms with Crippen LogP contribution < -0.4 is 5.32 Å². The van der Waals surface area contributed by atoms with Crippen molar-refractivity contribution in [3.05, 3.63) is 16.1 Å². The van der Waals surface area contributed by atoms with Crippen molar-refractivity contribution in [3.8, 4) is 0 Å². The van der Waals surface area contributed by atoms with Gasteiger partial charge < -0.3 is 10.2 Å². The first-order valence-electron chi connectivity index (χ1n) is 4.51. The third-order valence-corrected chi connectivity index (χ3v) is 2.58. The van der Waals surface area contributed by atoms with E-state index in [1.807, 2.05) is 6.20 Å². The molecule has 0 aliphatic heterocycles. The molecule has 0 atom stereocenters. The average Bonchev–Trinajstić information content (AvgIpc) is 2.48. The Hall–Kier alpha value is -0.450. The highest BCUT2D eigenvalue weighted by molar-refractivity contribution is 7.11. The van der Waals surface area contributed by atoms with E-state index in [1.165, 1.54) is 9.88 Å². The second-order valence-electron chi connectivity index (χ2n) is 3.24. The van der Waals surface area contributed by atoms with Crippen molar-refractivity contribution in [3.63, 3.8) is 0 Å². The van der Waals surface area contributed by atoms with Gasteiger partial charge in [0.1, 0.15) is 5.01 Å². The Morgan fingerprint density at radius 3 is 2.92 bits per heavy atom. The predicted octanol–water partition coefficient (Wildman–Crippen LogP) is 1.31. The molecule has 0 spiro atoms. The fourth-order valence-corrected chi connectivity index (χ4v) is 2.03. The first-order chi connectivity index (χ1) is 6.22. The summed E-state index contributed by atoms with van der Waals surface area (Å²) in [5.74, 6) is 0. The normalized spacial score (nSPS) is 11.1. The highest BCUT2D eigenvalue weighted by Crippen LogP contribution is 2.13. The molecular formula is C9H17N3S. The Morgan fingerprint density at radius 1 is 1.54 bits per heavy atom. The van der Waals surface area contributed by atoms with Crippen LogP contribution in [0.3, 0.4) is 0 Å². The van der Waals surface area contributed by atoms with Gasteiger partial charge >= 0.3 is 0 Å². The smallest absolute Gasteiger partial charge is 0.107 e. The SMILES string of the molecule is CCNCc1cnc(CN(C)C)s1. The molecule has 1 aromatic rings. The van der Waals surface area contributed by atoms with Gasteiger partial charge in [-0.15, -0.1) is 11.3 Å². The lowest BCUT2D eigenvalue weighted by Gasteiger charge is -2.04. The molecule has 74 valence electrons. The van der Waals surface area contributed by atoms with Crippen LogP contribution >= 0.6 is 11.3 Å². The Bertz CT molecular complexity index is 245. The van der Waals surface area contributed by atoms with Crippen LogP contribution in [0.15, 0.2) is 6.20 Å². The number of rotatable bonds is 5. The summed E-state index contributed by atoms with van der Waals surface area (Å²) in [5.41, 5.74) is 0. The molecule has 0 bridgehead atoms. The van der Waals surface area contributed by atoms with Crippen LogP contribution in [0, 0.1) is 0 Å². The van der Waals surface area contributed by atoms with Gasteiger partial charge in [-0.3, -0.25) is 0 Å². The summed E-state index contributed by atoms with van der Waals surface area (Å²) in [5, 5.41) is 4.48. The van der Waals surface area contributed by atoms with E-state index in [0.717, 1.165) is 19.6 Å². The molecule has 1 rings (SSSR count). The molecule has 0 fully saturated rings. The van der Waals surface area contributed by atoms with Crippen LogP contribution in [-0.4, -0.2) is 30.5 Å². The lowest BCUT2D eigenvalue weighted by atomic mass is 10.5. The van der Waals surface area contributed by atoms with Crippen molar-refractivity contribution in [1.29, 1.82) is 0 Å². The molecule has 0 radical (unpaired) electrons. The van der Waals surface area contributed by atoms with Crippen LogP contribution in [0.4, 0.5) is 0 Å². The molecule has 13 heavy (non-hydrogen) atoms. The molecule has 0 saturated carbocycles. The first-order valence-corrected chi connectivity index (χ1v) is 5.33. The lowest BCUT2D eigenvalue weighted by molar-refractivity contribution is 0.401.